The average molecular weight is 215 g/mol. The minimum absolute atomic E-state index is 0.248. The smallest absolute Gasteiger partial charge is 0.191 e. The summed E-state index contributed by atoms with van der Waals surface area (Å²) in [6.45, 7) is 0.248. The molecular weight excluding hydrogens is 208 g/mol. The van der Waals surface area contributed by atoms with Gasteiger partial charge in [-0.25, -0.2) is 4.21 Å². The van der Waals surface area contributed by atoms with E-state index in [4.69, 9.17) is 15.8 Å². The molecule has 4 heteroatoms. The molecule has 1 aliphatic heterocycles. The van der Waals surface area contributed by atoms with Gasteiger partial charge in [-0.3, -0.25) is 4.18 Å². The summed E-state index contributed by atoms with van der Waals surface area (Å²) in [5.74, 6) is 0. The van der Waals surface area contributed by atoms with Crippen molar-refractivity contribution in [2.24, 2.45) is 0 Å². The molecule has 0 N–H and O–H groups in total. The molecule has 2 rings (SSSR count). The van der Waals surface area contributed by atoms with E-state index >= 15 is 0 Å². The van der Waals surface area contributed by atoms with Crippen LogP contribution in [0.25, 0.3) is 4.91 Å². The molecule has 2 nitrogen and oxygen atoms in total. The summed E-state index contributed by atoms with van der Waals surface area (Å²) in [5, 5.41) is 0.532. The lowest BCUT2D eigenvalue weighted by Gasteiger charge is -1.98. The van der Waals surface area contributed by atoms with Crippen LogP contribution in [0, 0.1) is 0 Å². The van der Waals surface area contributed by atoms with Crippen molar-refractivity contribution < 1.29 is 8.39 Å². The van der Waals surface area contributed by atoms with Crippen LogP contribution < -0.4 is 0 Å². The number of halogens is 1. The Kier molecular flexibility index (Phi) is 2.49. The fourth-order valence-electron chi connectivity index (χ4n) is 1.16. The summed E-state index contributed by atoms with van der Waals surface area (Å²) in [5.41, 5.74) is 0.864. The van der Waals surface area contributed by atoms with Gasteiger partial charge in [0, 0.05) is 0 Å². The zero-order chi connectivity index (χ0) is 9.26. The molecule has 0 radical (unpaired) electrons. The third kappa shape index (κ3) is 1.68. The number of benzene rings is 1. The van der Waals surface area contributed by atoms with Gasteiger partial charge in [0.15, 0.2) is 11.1 Å². The zero-order valence-electron chi connectivity index (χ0n) is 6.70. The van der Waals surface area contributed by atoms with Gasteiger partial charge in [0.25, 0.3) is 0 Å². The minimum atomic E-state index is -1.39. The topological polar surface area (TPSA) is 26.3 Å². The van der Waals surface area contributed by atoms with Gasteiger partial charge in [0.1, 0.15) is 6.61 Å². The molecule has 0 amide bonds. The van der Waals surface area contributed by atoms with Gasteiger partial charge >= 0.3 is 0 Å². The molecule has 68 valence electrons. The van der Waals surface area contributed by atoms with Crippen LogP contribution in [0.1, 0.15) is 5.56 Å². The van der Waals surface area contributed by atoms with Gasteiger partial charge in [-0.2, -0.15) is 0 Å². The maximum absolute atomic E-state index is 11.3. The molecule has 1 heterocycles. The normalized spacial score (nSPS) is 22.4. The van der Waals surface area contributed by atoms with Crippen molar-refractivity contribution >= 4 is 27.6 Å². The van der Waals surface area contributed by atoms with Crippen LogP contribution in [0.4, 0.5) is 0 Å². The van der Waals surface area contributed by atoms with E-state index in [1.165, 1.54) is 0 Å². The molecule has 0 spiro atoms. The molecule has 0 saturated heterocycles. The molecule has 1 unspecified atom stereocenters. The summed E-state index contributed by atoms with van der Waals surface area (Å²) < 4.78 is 16.2. The number of rotatable bonds is 1. The first-order valence-electron chi connectivity index (χ1n) is 3.78. The Morgan fingerprint density at radius 2 is 2.00 bits per heavy atom. The first-order chi connectivity index (χ1) is 6.29. The van der Waals surface area contributed by atoms with Crippen LogP contribution in [0.3, 0.4) is 0 Å². The Balaban J connectivity index is 2.47. The molecule has 0 saturated carbocycles. The predicted octanol–water partition coefficient (Wildman–Crippen LogP) is 2.29. The van der Waals surface area contributed by atoms with Gasteiger partial charge in [0.2, 0.25) is 0 Å². The molecule has 1 atom stereocenters. The zero-order valence-corrected chi connectivity index (χ0v) is 8.27. The van der Waals surface area contributed by atoms with E-state index in [0.29, 0.717) is 9.94 Å². The van der Waals surface area contributed by atoms with Crippen LogP contribution in [0.5, 0.6) is 0 Å². The summed E-state index contributed by atoms with van der Waals surface area (Å²) in [4.78, 5) is 0.599. The van der Waals surface area contributed by atoms with Crippen molar-refractivity contribution in [2.45, 2.75) is 0 Å². The van der Waals surface area contributed by atoms with Gasteiger partial charge < -0.3 is 0 Å². The quantitative estimate of drug-likeness (QED) is 0.717. The van der Waals surface area contributed by atoms with Crippen molar-refractivity contribution in [1.29, 1.82) is 0 Å². The van der Waals surface area contributed by atoms with Crippen molar-refractivity contribution in [1.82, 2.24) is 0 Å². The SMILES string of the molecule is O=S1OCC(Cl)=C1c1ccccc1. The Morgan fingerprint density at radius 1 is 1.31 bits per heavy atom. The maximum atomic E-state index is 11.3. The fourth-order valence-corrected chi connectivity index (χ4v) is 2.49. The Morgan fingerprint density at radius 3 is 2.54 bits per heavy atom. The third-order valence-corrected chi connectivity index (χ3v) is 3.30. The van der Waals surface area contributed by atoms with E-state index in [-0.39, 0.29) is 6.61 Å². The van der Waals surface area contributed by atoms with Crippen LogP contribution in [0.15, 0.2) is 35.4 Å². The molecule has 1 aromatic rings. The van der Waals surface area contributed by atoms with E-state index in [9.17, 15) is 4.21 Å². The van der Waals surface area contributed by atoms with Gasteiger partial charge in [-0.15, -0.1) is 0 Å². The minimum Gasteiger partial charge on any atom is -0.281 e. The Bertz CT molecular complexity index is 372. The van der Waals surface area contributed by atoms with Crippen molar-refractivity contribution in [3.05, 3.63) is 40.9 Å². The van der Waals surface area contributed by atoms with Gasteiger partial charge in [-0.1, -0.05) is 41.9 Å². The second-order valence-corrected chi connectivity index (χ2v) is 4.17. The standard InChI is InChI=1S/C9H7ClO2S/c10-8-6-12-13(11)9(8)7-4-2-1-3-5-7/h1-5H,6H2. The maximum Gasteiger partial charge on any atom is 0.191 e. The molecule has 13 heavy (non-hydrogen) atoms. The first kappa shape index (κ1) is 8.94. The number of hydrogen-bond donors (Lipinski definition) is 0. The van der Waals surface area contributed by atoms with Gasteiger partial charge in [0.05, 0.1) is 9.94 Å². The van der Waals surface area contributed by atoms with Crippen LogP contribution in [-0.2, 0) is 15.3 Å². The van der Waals surface area contributed by atoms with Crippen LogP contribution in [0.2, 0.25) is 0 Å². The predicted molar refractivity (Wildman–Crippen MR) is 53.3 cm³/mol. The number of hydrogen-bond acceptors (Lipinski definition) is 2. The lowest BCUT2D eigenvalue weighted by molar-refractivity contribution is 0.407. The molecule has 0 aliphatic carbocycles. The van der Waals surface area contributed by atoms with E-state index < -0.39 is 11.1 Å². The lowest BCUT2D eigenvalue weighted by Crippen LogP contribution is -1.90. The van der Waals surface area contributed by atoms with E-state index in [1.807, 2.05) is 30.3 Å². The average Bonchev–Trinajstić information content (AvgIpc) is 2.48. The van der Waals surface area contributed by atoms with Crippen LogP contribution >= 0.6 is 11.6 Å². The largest absolute Gasteiger partial charge is 0.281 e. The molecule has 0 fully saturated rings. The monoisotopic (exact) mass is 214 g/mol. The van der Waals surface area contributed by atoms with Crippen LogP contribution in [-0.4, -0.2) is 10.8 Å². The fraction of sp³-hybridized carbons (Fsp3) is 0.111. The first-order valence-corrected chi connectivity index (χ1v) is 5.23. The lowest BCUT2D eigenvalue weighted by atomic mass is 10.2. The summed E-state index contributed by atoms with van der Waals surface area (Å²) >= 11 is 4.48. The molecule has 0 bridgehead atoms. The molecule has 1 aromatic carbocycles. The van der Waals surface area contributed by atoms with Crippen molar-refractivity contribution in [3.8, 4) is 0 Å². The molecule has 0 aromatic heterocycles. The van der Waals surface area contributed by atoms with Crippen molar-refractivity contribution in [2.75, 3.05) is 6.61 Å². The summed E-state index contributed by atoms with van der Waals surface area (Å²) in [7, 11) is 0. The third-order valence-electron chi connectivity index (χ3n) is 1.74. The molecular formula is C9H7ClO2S. The molecule has 1 aliphatic rings. The Labute approximate surface area is 83.8 Å². The van der Waals surface area contributed by atoms with E-state index in [0.717, 1.165) is 5.56 Å². The second kappa shape index (κ2) is 3.62. The second-order valence-electron chi connectivity index (χ2n) is 2.60. The van der Waals surface area contributed by atoms with Crippen molar-refractivity contribution in [3.63, 3.8) is 0 Å². The van der Waals surface area contributed by atoms with E-state index in [2.05, 4.69) is 0 Å². The Hall–Kier alpha value is -0.640. The highest BCUT2D eigenvalue weighted by Crippen LogP contribution is 2.31. The highest BCUT2D eigenvalue weighted by atomic mass is 35.5. The highest BCUT2D eigenvalue weighted by Gasteiger charge is 2.22. The van der Waals surface area contributed by atoms with E-state index in [1.54, 1.807) is 0 Å². The summed E-state index contributed by atoms with van der Waals surface area (Å²) in [6.07, 6.45) is 0. The van der Waals surface area contributed by atoms with Gasteiger partial charge in [-0.05, 0) is 5.56 Å². The summed E-state index contributed by atoms with van der Waals surface area (Å²) in [6, 6.07) is 9.38. The highest BCUT2D eigenvalue weighted by molar-refractivity contribution is 7.90.